The molecule has 1 aromatic rings. The first-order valence-corrected chi connectivity index (χ1v) is 6.13. The van der Waals surface area contributed by atoms with Crippen LogP contribution in [-0.4, -0.2) is 12.5 Å². The maximum Gasteiger partial charge on any atom is 0.227 e. The van der Waals surface area contributed by atoms with Crippen LogP contribution in [-0.2, 0) is 11.2 Å². The van der Waals surface area contributed by atoms with E-state index < -0.39 is 5.41 Å². The van der Waals surface area contributed by atoms with Crippen molar-refractivity contribution in [3.05, 3.63) is 35.4 Å². The molecule has 0 aromatic heterocycles. The third-order valence-electron chi connectivity index (χ3n) is 3.56. The van der Waals surface area contributed by atoms with Gasteiger partial charge in [-0.2, -0.15) is 0 Å². The SMILES string of the molecule is CC(C)(CN)C(=O)NC1CCc2ccccc21. The predicted octanol–water partition coefficient (Wildman–Crippen LogP) is 1.77. The number of hydrogen-bond acceptors (Lipinski definition) is 2. The zero-order chi connectivity index (χ0) is 12.5. The summed E-state index contributed by atoms with van der Waals surface area (Å²) in [5.41, 5.74) is 7.74. The van der Waals surface area contributed by atoms with Gasteiger partial charge in [-0.15, -0.1) is 0 Å². The molecule has 17 heavy (non-hydrogen) atoms. The molecule has 0 aliphatic heterocycles. The first-order chi connectivity index (χ1) is 8.04. The molecule has 1 amide bonds. The third-order valence-corrected chi connectivity index (χ3v) is 3.56. The summed E-state index contributed by atoms with van der Waals surface area (Å²) in [4.78, 5) is 12.1. The maximum absolute atomic E-state index is 12.1. The number of amides is 1. The fourth-order valence-electron chi connectivity index (χ4n) is 2.15. The quantitative estimate of drug-likeness (QED) is 0.834. The Balaban J connectivity index is 2.10. The minimum absolute atomic E-state index is 0.0432. The Morgan fingerprint density at radius 3 is 2.88 bits per heavy atom. The number of nitrogens with two attached hydrogens (primary N) is 1. The van der Waals surface area contributed by atoms with Crippen LogP contribution in [0.25, 0.3) is 0 Å². The van der Waals surface area contributed by atoms with E-state index in [0.29, 0.717) is 6.54 Å². The van der Waals surface area contributed by atoms with E-state index in [1.165, 1.54) is 11.1 Å². The molecule has 0 saturated carbocycles. The van der Waals surface area contributed by atoms with E-state index in [0.717, 1.165) is 12.8 Å². The second-order valence-electron chi connectivity index (χ2n) is 5.35. The van der Waals surface area contributed by atoms with Gasteiger partial charge in [-0.3, -0.25) is 4.79 Å². The molecule has 3 heteroatoms. The summed E-state index contributed by atoms with van der Waals surface area (Å²) < 4.78 is 0. The smallest absolute Gasteiger partial charge is 0.227 e. The minimum atomic E-state index is -0.489. The van der Waals surface area contributed by atoms with Gasteiger partial charge in [0.25, 0.3) is 0 Å². The molecule has 0 bridgehead atoms. The average Bonchev–Trinajstić information content (AvgIpc) is 2.73. The molecule has 0 spiro atoms. The topological polar surface area (TPSA) is 55.1 Å². The van der Waals surface area contributed by atoms with Gasteiger partial charge in [0.15, 0.2) is 0 Å². The predicted molar refractivity (Wildman–Crippen MR) is 68.5 cm³/mol. The summed E-state index contributed by atoms with van der Waals surface area (Å²) in [7, 11) is 0. The van der Waals surface area contributed by atoms with Crippen molar-refractivity contribution in [3.8, 4) is 0 Å². The molecule has 1 aliphatic carbocycles. The Labute approximate surface area is 102 Å². The lowest BCUT2D eigenvalue weighted by Crippen LogP contribution is -2.42. The molecule has 0 saturated heterocycles. The number of carbonyl (C=O) groups is 1. The number of hydrogen-bond donors (Lipinski definition) is 2. The van der Waals surface area contributed by atoms with Crippen LogP contribution < -0.4 is 11.1 Å². The fraction of sp³-hybridized carbons (Fsp3) is 0.500. The van der Waals surface area contributed by atoms with E-state index in [9.17, 15) is 4.79 Å². The second kappa shape index (κ2) is 4.49. The summed E-state index contributed by atoms with van der Waals surface area (Å²) in [6, 6.07) is 8.47. The van der Waals surface area contributed by atoms with Gasteiger partial charge in [-0.25, -0.2) is 0 Å². The number of fused-ring (bicyclic) bond motifs is 1. The van der Waals surface area contributed by atoms with Crippen molar-refractivity contribution in [2.75, 3.05) is 6.54 Å². The molecule has 1 aromatic carbocycles. The summed E-state index contributed by atoms with van der Waals surface area (Å²) in [6.45, 7) is 4.12. The molecule has 1 aliphatic rings. The van der Waals surface area contributed by atoms with Crippen molar-refractivity contribution in [3.63, 3.8) is 0 Å². The number of carbonyl (C=O) groups excluding carboxylic acids is 1. The minimum Gasteiger partial charge on any atom is -0.349 e. The summed E-state index contributed by atoms with van der Waals surface area (Å²) in [5, 5.41) is 3.11. The van der Waals surface area contributed by atoms with Crippen molar-refractivity contribution in [1.29, 1.82) is 0 Å². The molecule has 1 atom stereocenters. The molecule has 3 N–H and O–H groups in total. The first kappa shape index (κ1) is 12.1. The van der Waals surface area contributed by atoms with Crippen LogP contribution in [0.15, 0.2) is 24.3 Å². The maximum atomic E-state index is 12.1. The number of aryl methyl sites for hydroxylation is 1. The van der Waals surface area contributed by atoms with Crippen molar-refractivity contribution < 1.29 is 4.79 Å². The van der Waals surface area contributed by atoms with Crippen LogP contribution in [0.3, 0.4) is 0 Å². The van der Waals surface area contributed by atoms with Crippen molar-refractivity contribution in [2.24, 2.45) is 11.1 Å². The standard InChI is InChI=1S/C14H20N2O/c1-14(2,9-15)13(17)16-12-8-7-10-5-3-4-6-11(10)12/h3-6,12H,7-9,15H2,1-2H3,(H,16,17). The molecular formula is C14H20N2O. The second-order valence-corrected chi connectivity index (χ2v) is 5.35. The average molecular weight is 232 g/mol. The molecular weight excluding hydrogens is 212 g/mol. The highest BCUT2D eigenvalue weighted by atomic mass is 16.2. The zero-order valence-corrected chi connectivity index (χ0v) is 10.5. The van der Waals surface area contributed by atoms with Gasteiger partial charge in [0.1, 0.15) is 0 Å². The van der Waals surface area contributed by atoms with Gasteiger partial charge >= 0.3 is 0 Å². The Bertz CT molecular complexity index is 426. The van der Waals surface area contributed by atoms with Crippen LogP contribution in [0.2, 0.25) is 0 Å². The Morgan fingerprint density at radius 1 is 1.47 bits per heavy atom. The number of nitrogens with one attached hydrogen (secondary N) is 1. The van der Waals surface area contributed by atoms with Crippen LogP contribution in [0, 0.1) is 5.41 Å². The van der Waals surface area contributed by atoms with E-state index in [1.54, 1.807) is 0 Å². The zero-order valence-electron chi connectivity index (χ0n) is 10.5. The van der Waals surface area contributed by atoms with Gasteiger partial charge in [0.05, 0.1) is 11.5 Å². The lowest BCUT2D eigenvalue weighted by atomic mass is 9.92. The van der Waals surface area contributed by atoms with Gasteiger partial charge in [0, 0.05) is 6.54 Å². The molecule has 92 valence electrons. The summed E-state index contributed by atoms with van der Waals surface area (Å²) >= 11 is 0. The van der Waals surface area contributed by atoms with Gasteiger partial charge in [-0.1, -0.05) is 24.3 Å². The third kappa shape index (κ3) is 2.34. The van der Waals surface area contributed by atoms with Gasteiger partial charge in [0.2, 0.25) is 5.91 Å². The molecule has 2 rings (SSSR count). The fourth-order valence-corrected chi connectivity index (χ4v) is 2.15. The van der Waals surface area contributed by atoms with E-state index in [4.69, 9.17) is 5.73 Å². The monoisotopic (exact) mass is 232 g/mol. The highest BCUT2D eigenvalue weighted by Crippen LogP contribution is 2.31. The highest BCUT2D eigenvalue weighted by molar-refractivity contribution is 5.82. The Morgan fingerprint density at radius 2 is 2.18 bits per heavy atom. The van der Waals surface area contributed by atoms with E-state index >= 15 is 0 Å². The first-order valence-electron chi connectivity index (χ1n) is 6.13. The molecule has 0 fully saturated rings. The number of benzene rings is 1. The van der Waals surface area contributed by atoms with E-state index in [2.05, 4.69) is 17.4 Å². The van der Waals surface area contributed by atoms with E-state index in [-0.39, 0.29) is 11.9 Å². The largest absolute Gasteiger partial charge is 0.349 e. The molecule has 0 heterocycles. The van der Waals surface area contributed by atoms with Crippen LogP contribution in [0.5, 0.6) is 0 Å². The molecule has 3 nitrogen and oxygen atoms in total. The summed E-state index contributed by atoms with van der Waals surface area (Å²) in [6.07, 6.45) is 2.04. The lowest BCUT2D eigenvalue weighted by Gasteiger charge is -2.24. The van der Waals surface area contributed by atoms with Gasteiger partial charge in [-0.05, 0) is 37.8 Å². The normalized spacial score (nSPS) is 18.9. The van der Waals surface area contributed by atoms with Crippen LogP contribution >= 0.6 is 0 Å². The summed E-state index contributed by atoms with van der Waals surface area (Å²) in [5.74, 6) is 0.0432. The van der Waals surface area contributed by atoms with Crippen LogP contribution in [0.4, 0.5) is 0 Å². The number of rotatable bonds is 3. The lowest BCUT2D eigenvalue weighted by molar-refractivity contribution is -0.129. The van der Waals surface area contributed by atoms with E-state index in [1.807, 2.05) is 26.0 Å². The van der Waals surface area contributed by atoms with Crippen molar-refractivity contribution in [2.45, 2.75) is 32.7 Å². The Hall–Kier alpha value is -1.35. The van der Waals surface area contributed by atoms with Crippen molar-refractivity contribution in [1.82, 2.24) is 5.32 Å². The Kier molecular flexibility index (Phi) is 3.20. The highest BCUT2D eigenvalue weighted by Gasteiger charge is 2.30. The van der Waals surface area contributed by atoms with Crippen LogP contribution in [0.1, 0.15) is 37.4 Å². The molecule has 1 unspecified atom stereocenters. The van der Waals surface area contributed by atoms with Gasteiger partial charge < -0.3 is 11.1 Å². The molecule has 0 radical (unpaired) electrons. The van der Waals surface area contributed by atoms with Crippen molar-refractivity contribution >= 4 is 5.91 Å².